The van der Waals surface area contributed by atoms with Gasteiger partial charge in [0.15, 0.2) is 6.29 Å². The first-order chi connectivity index (χ1) is 6.60. The lowest BCUT2D eigenvalue weighted by Gasteiger charge is -2.03. The SMILES string of the molecule is COc1cc(N)c([N+](=O)[O-])c(C=O)c1. The van der Waals surface area contributed by atoms with Gasteiger partial charge < -0.3 is 10.5 Å². The van der Waals surface area contributed by atoms with Crippen molar-refractivity contribution in [2.75, 3.05) is 12.8 Å². The summed E-state index contributed by atoms with van der Waals surface area (Å²) in [6, 6.07) is 2.56. The van der Waals surface area contributed by atoms with E-state index in [2.05, 4.69) is 0 Å². The monoisotopic (exact) mass is 196 g/mol. The maximum Gasteiger partial charge on any atom is 0.302 e. The third-order valence-electron chi connectivity index (χ3n) is 1.69. The average molecular weight is 196 g/mol. The fraction of sp³-hybridized carbons (Fsp3) is 0.125. The molecule has 0 amide bonds. The molecule has 0 aliphatic carbocycles. The summed E-state index contributed by atoms with van der Waals surface area (Å²) in [5, 5.41) is 10.5. The zero-order valence-electron chi connectivity index (χ0n) is 7.39. The molecule has 0 aliphatic heterocycles. The number of carbonyl (C=O) groups excluding carboxylic acids is 1. The van der Waals surface area contributed by atoms with E-state index in [1.54, 1.807) is 0 Å². The smallest absolute Gasteiger partial charge is 0.302 e. The van der Waals surface area contributed by atoms with Crippen LogP contribution in [0, 0.1) is 10.1 Å². The lowest BCUT2D eigenvalue weighted by Crippen LogP contribution is -2.01. The van der Waals surface area contributed by atoms with Gasteiger partial charge >= 0.3 is 5.69 Å². The van der Waals surface area contributed by atoms with Crippen LogP contribution in [-0.4, -0.2) is 18.3 Å². The Bertz CT molecular complexity index is 389. The molecule has 0 bridgehead atoms. The number of ether oxygens (including phenoxy) is 1. The largest absolute Gasteiger partial charge is 0.497 e. The number of hydrogen-bond acceptors (Lipinski definition) is 5. The fourth-order valence-corrected chi connectivity index (χ4v) is 1.07. The van der Waals surface area contributed by atoms with Gasteiger partial charge in [0, 0.05) is 6.07 Å². The van der Waals surface area contributed by atoms with Gasteiger partial charge in [-0.2, -0.15) is 0 Å². The Balaban J connectivity index is 3.42. The molecule has 6 heteroatoms. The zero-order valence-corrected chi connectivity index (χ0v) is 7.39. The number of nitro groups is 1. The zero-order chi connectivity index (χ0) is 10.7. The van der Waals surface area contributed by atoms with Gasteiger partial charge in [0.1, 0.15) is 11.4 Å². The minimum atomic E-state index is -0.696. The van der Waals surface area contributed by atoms with Crippen molar-refractivity contribution in [3.63, 3.8) is 0 Å². The Labute approximate surface area is 79.4 Å². The average Bonchev–Trinajstić information content (AvgIpc) is 2.15. The van der Waals surface area contributed by atoms with Crippen molar-refractivity contribution in [2.45, 2.75) is 0 Å². The van der Waals surface area contributed by atoms with Crippen molar-refractivity contribution in [1.29, 1.82) is 0 Å². The number of methoxy groups -OCH3 is 1. The van der Waals surface area contributed by atoms with Crippen molar-refractivity contribution in [3.05, 3.63) is 27.8 Å². The van der Waals surface area contributed by atoms with Gasteiger partial charge in [-0.15, -0.1) is 0 Å². The predicted molar refractivity (Wildman–Crippen MR) is 49.4 cm³/mol. The number of carbonyl (C=O) groups is 1. The first-order valence-electron chi connectivity index (χ1n) is 3.67. The Morgan fingerprint density at radius 1 is 1.57 bits per heavy atom. The molecule has 74 valence electrons. The van der Waals surface area contributed by atoms with Crippen molar-refractivity contribution >= 4 is 17.7 Å². The molecular weight excluding hydrogens is 188 g/mol. The molecule has 0 heterocycles. The number of nitro benzene ring substituents is 1. The molecule has 0 radical (unpaired) electrons. The van der Waals surface area contributed by atoms with E-state index >= 15 is 0 Å². The molecule has 1 rings (SSSR count). The molecule has 1 aromatic carbocycles. The van der Waals surface area contributed by atoms with E-state index in [0.717, 1.165) is 0 Å². The number of aldehydes is 1. The van der Waals surface area contributed by atoms with Crippen LogP contribution in [0.5, 0.6) is 5.75 Å². The van der Waals surface area contributed by atoms with Gasteiger partial charge in [0.05, 0.1) is 17.6 Å². The maximum atomic E-state index is 10.5. The summed E-state index contributed by atoms with van der Waals surface area (Å²) >= 11 is 0. The van der Waals surface area contributed by atoms with Gasteiger partial charge in [-0.25, -0.2) is 0 Å². The Hall–Kier alpha value is -2.11. The second-order valence-corrected chi connectivity index (χ2v) is 2.53. The minimum Gasteiger partial charge on any atom is -0.497 e. The van der Waals surface area contributed by atoms with Crippen LogP contribution in [0.3, 0.4) is 0 Å². The molecule has 0 aromatic heterocycles. The van der Waals surface area contributed by atoms with E-state index < -0.39 is 4.92 Å². The first-order valence-corrected chi connectivity index (χ1v) is 3.67. The lowest BCUT2D eigenvalue weighted by atomic mass is 10.1. The number of nitrogen functional groups attached to an aromatic ring is 1. The van der Waals surface area contributed by atoms with E-state index in [-0.39, 0.29) is 16.9 Å². The molecule has 0 fully saturated rings. The molecule has 14 heavy (non-hydrogen) atoms. The maximum absolute atomic E-state index is 10.5. The molecule has 0 unspecified atom stereocenters. The number of nitrogens with zero attached hydrogens (tertiary/aromatic N) is 1. The van der Waals surface area contributed by atoms with E-state index in [1.165, 1.54) is 19.2 Å². The highest BCUT2D eigenvalue weighted by Gasteiger charge is 2.19. The summed E-state index contributed by atoms with van der Waals surface area (Å²) in [4.78, 5) is 20.4. The van der Waals surface area contributed by atoms with Gasteiger partial charge in [0.25, 0.3) is 0 Å². The van der Waals surface area contributed by atoms with Crippen molar-refractivity contribution < 1.29 is 14.5 Å². The molecule has 0 aliphatic rings. The van der Waals surface area contributed by atoms with Crippen LogP contribution < -0.4 is 10.5 Å². The highest BCUT2D eigenvalue weighted by molar-refractivity contribution is 5.87. The fourth-order valence-electron chi connectivity index (χ4n) is 1.07. The van der Waals surface area contributed by atoms with E-state index in [9.17, 15) is 14.9 Å². The van der Waals surface area contributed by atoms with Crippen LogP contribution >= 0.6 is 0 Å². The number of anilines is 1. The summed E-state index contributed by atoms with van der Waals surface area (Å²) in [7, 11) is 1.38. The summed E-state index contributed by atoms with van der Waals surface area (Å²) < 4.78 is 4.81. The van der Waals surface area contributed by atoms with E-state index in [4.69, 9.17) is 10.5 Å². The molecule has 2 N–H and O–H groups in total. The predicted octanol–water partition coefficient (Wildman–Crippen LogP) is 0.998. The molecule has 0 atom stereocenters. The third-order valence-corrected chi connectivity index (χ3v) is 1.69. The molecule has 0 saturated carbocycles. The van der Waals surface area contributed by atoms with Crippen LogP contribution in [0.15, 0.2) is 12.1 Å². The molecule has 0 saturated heterocycles. The summed E-state index contributed by atoms with van der Waals surface area (Å²) in [5.74, 6) is 0.315. The molecule has 0 spiro atoms. The van der Waals surface area contributed by atoms with Crippen LogP contribution in [-0.2, 0) is 0 Å². The number of nitrogens with two attached hydrogens (primary N) is 1. The summed E-state index contributed by atoms with van der Waals surface area (Å²) in [6.45, 7) is 0. The Morgan fingerprint density at radius 2 is 2.21 bits per heavy atom. The quantitative estimate of drug-likeness (QED) is 0.336. The second kappa shape index (κ2) is 3.73. The summed E-state index contributed by atoms with van der Waals surface area (Å²) in [6.07, 6.45) is 0.372. The molecule has 1 aromatic rings. The molecule has 6 nitrogen and oxygen atoms in total. The van der Waals surface area contributed by atoms with Crippen molar-refractivity contribution in [1.82, 2.24) is 0 Å². The van der Waals surface area contributed by atoms with Gasteiger partial charge in [-0.1, -0.05) is 0 Å². The highest BCUT2D eigenvalue weighted by atomic mass is 16.6. The number of hydrogen-bond donors (Lipinski definition) is 1. The van der Waals surface area contributed by atoms with Gasteiger partial charge in [-0.05, 0) is 6.07 Å². The van der Waals surface area contributed by atoms with Crippen molar-refractivity contribution in [3.8, 4) is 5.75 Å². The lowest BCUT2D eigenvalue weighted by molar-refractivity contribution is -0.384. The topological polar surface area (TPSA) is 95.5 Å². The normalized spacial score (nSPS) is 9.50. The van der Waals surface area contributed by atoms with Gasteiger partial charge in [-0.3, -0.25) is 14.9 Å². The minimum absolute atomic E-state index is 0.0866. The van der Waals surface area contributed by atoms with Crippen LogP contribution in [0.2, 0.25) is 0 Å². The molecular formula is C8H8N2O4. The highest BCUT2D eigenvalue weighted by Crippen LogP contribution is 2.29. The third kappa shape index (κ3) is 1.63. The number of benzene rings is 1. The Morgan fingerprint density at radius 3 is 2.64 bits per heavy atom. The van der Waals surface area contributed by atoms with Crippen LogP contribution in [0.4, 0.5) is 11.4 Å². The van der Waals surface area contributed by atoms with E-state index in [0.29, 0.717) is 12.0 Å². The van der Waals surface area contributed by atoms with Crippen LogP contribution in [0.25, 0.3) is 0 Å². The second-order valence-electron chi connectivity index (χ2n) is 2.53. The summed E-state index contributed by atoms with van der Waals surface area (Å²) in [5.41, 5.74) is 4.83. The Kier molecular flexibility index (Phi) is 2.66. The standard InChI is InChI=1S/C8H8N2O4/c1-14-6-2-5(4-11)8(10(12)13)7(9)3-6/h2-4H,9H2,1H3. The van der Waals surface area contributed by atoms with Crippen LogP contribution in [0.1, 0.15) is 10.4 Å². The van der Waals surface area contributed by atoms with Crippen molar-refractivity contribution in [2.24, 2.45) is 0 Å². The number of rotatable bonds is 3. The van der Waals surface area contributed by atoms with Gasteiger partial charge in [0.2, 0.25) is 0 Å². The first kappa shape index (κ1) is 9.97. The van der Waals surface area contributed by atoms with E-state index in [1.807, 2.05) is 0 Å².